The molecule has 1 rings (SSSR count). The van der Waals surface area contributed by atoms with E-state index in [-0.39, 0.29) is 0 Å². The molecule has 0 saturated carbocycles. The minimum Gasteiger partial charge on any atom is -0.544 e. The summed E-state index contributed by atoms with van der Waals surface area (Å²) in [6, 6.07) is 0. The number of hydrogen-bond acceptors (Lipinski definition) is 5. The average Bonchev–Trinajstić information content (AvgIpc) is 2.30. The summed E-state index contributed by atoms with van der Waals surface area (Å²) in [5.74, 6) is -2.18. The number of nitrogens with zero attached hydrogens (tertiary/aromatic N) is 3. The van der Waals surface area contributed by atoms with Gasteiger partial charge >= 0.3 is 5.82 Å². The highest BCUT2D eigenvalue weighted by molar-refractivity contribution is 5.89. The number of carbonyl (C=O) groups is 1. The van der Waals surface area contributed by atoms with Crippen LogP contribution in [0.15, 0.2) is 6.20 Å². The normalized spacial score (nSPS) is 9.75. The molecule has 0 aromatic carbocycles. The van der Waals surface area contributed by atoms with E-state index in [0.29, 0.717) is 0 Å². The topological polar surface area (TPSA) is 101 Å². The maximum atomic E-state index is 10.3. The van der Waals surface area contributed by atoms with E-state index in [4.69, 9.17) is 0 Å². The molecule has 1 heterocycles. The van der Waals surface area contributed by atoms with Crippen LogP contribution < -0.4 is 5.11 Å². The van der Waals surface area contributed by atoms with Crippen molar-refractivity contribution in [3.05, 3.63) is 21.9 Å². The third-order valence-corrected chi connectivity index (χ3v) is 1.30. The number of aromatic nitrogens is 2. The Morgan fingerprint density at radius 2 is 2.33 bits per heavy atom. The molecule has 0 spiro atoms. The number of carboxylic acids is 1. The van der Waals surface area contributed by atoms with Gasteiger partial charge in [-0.05, 0) is 4.92 Å². The van der Waals surface area contributed by atoms with E-state index in [1.54, 1.807) is 0 Å². The Morgan fingerprint density at radius 1 is 1.75 bits per heavy atom. The van der Waals surface area contributed by atoms with Crippen LogP contribution in [0.1, 0.15) is 10.4 Å². The molecule has 12 heavy (non-hydrogen) atoms. The highest BCUT2D eigenvalue weighted by Crippen LogP contribution is 2.14. The quantitative estimate of drug-likeness (QED) is 0.405. The SMILES string of the molecule is Cn1ncc(C(=O)[O-])c1[N+](=O)[O-]. The van der Waals surface area contributed by atoms with Gasteiger partial charge in [-0.2, -0.15) is 0 Å². The van der Waals surface area contributed by atoms with Crippen LogP contribution in [-0.2, 0) is 7.05 Å². The van der Waals surface area contributed by atoms with E-state index >= 15 is 0 Å². The second-order valence-corrected chi connectivity index (χ2v) is 2.05. The summed E-state index contributed by atoms with van der Waals surface area (Å²) < 4.78 is 0.866. The summed E-state index contributed by atoms with van der Waals surface area (Å²) in [4.78, 5) is 19.7. The first-order valence-corrected chi connectivity index (χ1v) is 2.91. The maximum Gasteiger partial charge on any atom is 0.353 e. The smallest absolute Gasteiger partial charge is 0.353 e. The number of hydrogen-bond donors (Lipinski definition) is 0. The molecule has 0 saturated heterocycles. The van der Waals surface area contributed by atoms with E-state index in [2.05, 4.69) is 5.10 Å². The Balaban J connectivity index is 3.31. The standard InChI is InChI=1S/C5H5N3O4/c1-7-4(8(11)12)3(2-6-7)5(9)10/h2H,1H3,(H,9,10)/p-1. The molecule has 7 nitrogen and oxygen atoms in total. The second kappa shape index (κ2) is 2.61. The van der Waals surface area contributed by atoms with Crippen LogP contribution in [0.25, 0.3) is 0 Å². The zero-order valence-corrected chi connectivity index (χ0v) is 6.05. The summed E-state index contributed by atoms with van der Waals surface area (Å²) in [6.45, 7) is 0. The van der Waals surface area contributed by atoms with Crippen LogP contribution in [0.5, 0.6) is 0 Å². The van der Waals surface area contributed by atoms with Gasteiger partial charge in [0, 0.05) is 0 Å². The van der Waals surface area contributed by atoms with E-state index in [1.807, 2.05) is 0 Å². The molecule has 0 aliphatic heterocycles. The van der Waals surface area contributed by atoms with Gasteiger partial charge in [0.25, 0.3) is 0 Å². The van der Waals surface area contributed by atoms with Crippen LogP contribution in [0.4, 0.5) is 5.82 Å². The lowest BCUT2D eigenvalue weighted by molar-refractivity contribution is -0.393. The van der Waals surface area contributed by atoms with Crippen LogP contribution >= 0.6 is 0 Å². The minimum absolute atomic E-state index is 0.512. The van der Waals surface area contributed by atoms with Gasteiger partial charge in [0.15, 0.2) is 0 Å². The van der Waals surface area contributed by atoms with Crippen molar-refractivity contribution in [1.82, 2.24) is 9.78 Å². The first-order valence-electron chi connectivity index (χ1n) is 2.91. The fraction of sp³-hybridized carbons (Fsp3) is 0.200. The van der Waals surface area contributed by atoms with Crippen molar-refractivity contribution in [3.8, 4) is 0 Å². The molecule has 0 atom stereocenters. The average molecular weight is 170 g/mol. The summed E-state index contributed by atoms with van der Waals surface area (Å²) in [5.41, 5.74) is -0.512. The zero-order valence-electron chi connectivity index (χ0n) is 6.05. The summed E-state index contributed by atoms with van der Waals surface area (Å²) in [6.07, 6.45) is 0.882. The Kier molecular flexibility index (Phi) is 1.78. The van der Waals surface area contributed by atoms with Crippen molar-refractivity contribution in [3.63, 3.8) is 0 Å². The molecule has 0 fully saturated rings. The van der Waals surface area contributed by atoms with Crippen molar-refractivity contribution in [2.24, 2.45) is 7.05 Å². The first-order chi connectivity index (χ1) is 5.54. The van der Waals surface area contributed by atoms with Gasteiger partial charge in [0.1, 0.15) is 12.6 Å². The predicted octanol–water partition coefficient (Wildman–Crippen LogP) is -1.31. The van der Waals surface area contributed by atoms with Crippen molar-refractivity contribution in [2.75, 3.05) is 0 Å². The third kappa shape index (κ3) is 1.11. The molecule has 0 aliphatic rings. The Morgan fingerprint density at radius 3 is 2.67 bits per heavy atom. The zero-order chi connectivity index (χ0) is 9.30. The highest BCUT2D eigenvalue weighted by atomic mass is 16.6. The lowest BCUT2D eigenvalue weighted by Gasteiger charge is -1.98. The van der Waals surface area contributed by atoms with Gasteiger partial charge < -0.3 is 20.0 Å². The molecular weight excluding hydrogens is 166 g/mol. The number of aryl methyl sites for hydroxylation is 1. The second-order valence-electron chi connectivity index (χ2n) is 2.05. The molecule has 0 aliphatic carbocycles. The molecule has 7 heteroatoms. The molecule has 0 N–H and O–H groups in total. The van der Waals surface area contributed by atoms with E-state index in [0.717, 1.165) is 10.9 Å². The summed E-state index contributed by atoms with van der Waals surface area (Å²) >= 11 is 0. The molecule has 0 amide bonds. The molecule has 1 aromatic rings. The van der Waals surface area contributed by atoms with E-state index in [1.165, 1.54) is 7.05 Å². The largest absolute Gasteiger partial charge is 0.544 e. The van der Waals surface area contributed by atoms with Crippen LogP contribution in [0.2, 0.25) is 0 Å². The van der Waals surface area contributed by atoms with Crippen molar-refractivity contribution >= 4 is 11.8 Å². The molecule has 0 unspecified atom stereocenters. The Bertz CT molecular complexity index is 342. The maximum absolute atomic E-state index is 10.3. The van der Waals surface area contributed by atoms with Gasteiger partial charge in [-0.25, -0.2) is 0 Å². The van der Waals surface area contributed by atoms with Crippen molar-refractivity contribution < 1.29 is 14.8 Å². The van der Waals surface area contributed by atoms with Crippen molar-refractivity contribution in [2.45, 2.75) is 0 Å². The van der Waals surface area contributed by atoms with E-state index < -0.39 is 22.3 Å². The van der Waals surface area contributed by atoms with Crippen LogP contribution in [0.3, 0.4) is 0 Å². The van der Waals surface area contributed by atoms with Gasteiger partial charge in [-0.1, -0.05) is 5.10 Å². The highest BCUT2D eigenvalue weighted by Gasteiger charge is 2.19. The van der Waals surface area contributed by atoms with Crippen molar-refractivity contribution in [1.29, 1.82) is 0 Å². The first kappa shape index (κ1) is 8.18. The number of carbonyl (C=O) groups excluding carboxylic acids is 1. The lowest BCUT2D eigenvalue weighted by atomic mass is 10.3. The third-order valence-electron chi connectivity index (χ3n) is 1.30. The Hall–Kier alpha value is -1.92. The van der Waals surface area contributed by atoms with Gasteiger partial charge in [0.2, 0.25) is 0 Å². The molecule has 0 radical (unpaired) electrons. The predicted molar refractivity (Wildman–Crippen MR) is 34.2 cm³/mol. The number of rotatable bonds is 2. The monoisotopic (exact) mass is 170 g/mol. The number of aromatic carboxylic acids is 1. The lowest BCUT2D eigenvalue weighted by Crippen LogP contribution is -2.23. The van der Waals surface area contributed by atoms with E-state index in [9.17, 15) is 20.0 Å². The molecule has 1 aromatic heterocycles. The fourth-order valence-corrected chi connectivity index (χ4v) is 0.792. The van der Waals surface area contributed by atoms with Crippen LogP contribution in [0, 0.1) is 10.1 Å². The van der Waals surface area contributed by atoms with Gasteiger partial charge in [-0.3, -0.25) is 0 Å². The number of carboxylic acid groups (broad SMARTS) is 1. The number of nitro groups is 1. The minimum atomic E-state index is -1.60. The summed E-state index contributed by atoms with van der Waals surface area (Å²) in [5, 5.41) is 23.9. The Labute approximate surface area is 66.4 Å². The van der Waals surface area contributed by atoms with Crippen LogP contribution in [-0.4, -0.2) is 20.7 Å². The van der Waals surface area contributed by atoms with Gasteiger partial charge in [0.05, 0.1) is 12.2 Å². The molecular formula is C5H4N3O4-. The molecule has 64 valence electrons. The molecule has 0 bridgehead atoms. The summed E-state index contributed by atoms with van der Waals surface area (Å²) in [7, 11) is 1.28. The fourth-order valence-electron chi connectivity index (χ4n) is 0.792. The van der Waals surface area contributed by atoms with Gasteiger partial charge in [-0.15, -0.1) is 4.68 Å².